The quantitative estimate of drug-likeness (QED) is 0.770. The monoisotopic (exact) mass is 191 g/mol. The molecule has 0 saturated heterocycles. The maximum Gasteiger partial charge on any atom is 0.242 e. The van der Waals surface area contributed by atoms with E-state index in [0.29, 0.717) is 0 Å². The summed E-state index contributed by atoms with van der Waals surface area (Å²) in [6.07, 6.45) is 1.08. The second-order valence-corrected chi connectivity index (χ2v) is 2.25. The van der Waals surface area contributed by atoms with Crippen molar-refractivity contribution >= 4 is 18.4 Å². The summed E-state index contributed by atoms with van der Waals surface area (Å²) in [5, 5.41) is 14.3. The van der Waals surface area contributed by atoms with Gasteiger partial charge in [0, 0.05) is 13.1 Å². The van der Waals surface area contributed by atoms with E-state index in [4.69, 9.17) is 0 Å². The van der Waals surface area contributed by atoms with Gasteiger partial charge in [-0.15, -0.1) is 12.4 Å². The van der Waals surface area contributed by atoms with E-state index >= 15 is 0 Å². The fourth-order valence-corrected chi connectivity index (χ4v) is 0.781. The van der Waals surface area contributed by atoms with Crippen molar-refractivity contribution in [3.8, 4) is 0 Å². The highest BCUT2D eigenvalue weighted by molar-refractivity contribution is 5.85. The maximum atomic E-state index is 3.82. The van der Waals surface area contributed by atoms with Crippen LogP contribution in [0, 0.1) is 0 Å². The highest BCUT2D eigenvalue weighted by atomic mass is 35.5. The lowest BCUT2D eigenvalue weighted by Gasteiger charge is -2.01. The molecule has 0 unspecified atom stereocenters. The van der Waals surface area contributed by atoms with Gasteiger partial charge in [0.15, 0.2) is 0 Å². The molecule has 1 rings (SSSR count). The van der Waals surface area contributed by atoms with E-state index < -0.39 is 0 Å². The fraction of sp³-hybridized carbons (Fsp3) is 0.833. The summed E-state index contributed by atoms with van der Waals surface area (Å²) in [7, 11) is 0. The van der Waals surface area contributed by atoms with Gasteiger partial charge in [-0.3, -0.25) is 0 Å². The Morgan fingerprint density at radius 2 is 2.17 bits per heavy atom. The van der Waals surface area contributed by atoms with Gasteiger partial charge in [0.25, 0.3) is 0 Å². The van der Waals surface area contributed by atoms with Crippen molar-refractivity contribution in [2.24, 2.45) is 0 Å². The Balaban J connectivity index is 0.00000121. The first-order valence-corrected chi connectivity index (χ1v) is 3.88. The summed E-state index contributed by atoms with van der Waals surface area (Å²) < 4.78 is 1.73. The molecule has 0 aliphatic carbocycles. The van der Waals surface area contributed by atoms with Crippen LogP contribution in [0.3, 0.4) is 0 Å². The topological polar surface area (TPSA) is 55.6 Å². The third-order valence-electron chi connectivity index (χ3n) is 1.36. The number of hydrogen-bond donors (Lipinski definition) is 1. The van der Waals surface area contributed by atoms with Crippen molar-refractivity contribution in [3.63, 3.8) is 0 Å². The lowest BCUT2D eigenvalue weighted by Crippen LogP contribution is -2.08. The van der Waals surface area contributed by atoms with Crippen LogP contribution in [-0.2, 0) is 6.54 Å². The average Bonchev–Trinajstić information content (AvgIpc) is 2.47. The summed E-state index contributed by atoms with van der Waals surface area (Å²) >= 11 is 0. The van der Waals surface area contributed by atoms with Crippen LogP contribution >= 0.6 is 12.4 Å². The molecule has 1 N–H and O–H groups in total. The molecule has 0 aliphatic heterocycles. The minimum absolute atomic E-state index is 0. The zero-order valence-corrected chi connectivity index (χ0v) is 8.13. The summed E-state index contributed by atoms with van der Waals surface area (Å²) in [5.41, 5.74) is 0. The first-order chi connectivity index (χ1) is 5.38. The van der Waals surface area contributed by atoms with Gasteiger partial charge in [0.2, 0.25) is 5.95 Å². The second kappa shape index (κ2) is 5.77. The van der Waals surface area contributed by atoms with Crippen LogP contribution in [0.25, 0.3) is 0 Å². The molecule has 0 aliphatic rings. The summed E-state index contributed by atoms with van der Waals surface area (Å²) in [6.45, 7) is 5.83. The Morgan fingerprint density at radius 3 is 2.75 bits per heavy atom. The number of tetrazole rings is 1. The molecule has 12 heavy (non-hydrogen) atoms. The van der Waals surface area contributed by atoms with Gasteiger partial charge in [0.1, 0.15) is 0 Å². The predicted molar refractivity (Wildman–Crippen MR) is 49.5 cm³/mol. The van der Waals surface area contributed by atoms with Crippen molar-refractivity contribution in [1.82, 2.24) is 20.2 Å². The Hall–Kier alpha value is -0.840. The van der Waals surface area contributed by atoms with Gasteiger partial charge in [-0.05, 0) is 23.8 Å². The summed E-state index contributed by atoms with van der Waals surface area (Å²) in [6, 6.07) is 0. The molecule has 0 bridgehead atoms. The van der Waals surface area contributed by atoms with Crippen molar-refractivity contribution in [2.75, 3.05) is 11.9 Å². The van der Waals surface area contributed by atoms with Crippen LogP contribution < -0.4 is 5.32 Å². The standard InChI is InChI=1S/C6H13N5.ClH/c1-3-5-7-6-8-9-10-11(6)4-2;/h3-5H2,1-2H3,(H,7,8,10);1H. The lowest BCUT2D eigenvalue weighted by atomic mass is 10.5. The molecule has 0 amide bonds. The first-order valence-electron chi connectivity index (χ1n) is 3.88. The molecule has 1 aromatic rings. The molecule has 6 heteroatoms. The largest absolute Gasteiger partial charge is 0.353 e. The molecular formula is C6H14ClN5. The fourth-order valence-electron chi connectivity index (χ4n) is 0.781. The summed E-state index contributed by atoms with van der Waals surface area (Å²) in [5.74, 6) is 0.759. The van der Waals surface area contributed by atoms with Gasteiger partial charge < -0.3 is 5.32 Å². The number of anilines is 1. The van der Waals surface area contributed by atoms with Crippen LogP contribution in [0.4, 0.5) is 5.95 Å². The number of nitrogens with one attached hydrogen (secondary N) is 1. The van der Waals surface area contributed by atoms with Crippen molar-refractivity contribution < 1.29 is 0 Å². The van der Waals surface area contributed by atoms with Crippen molar-refractivity contribution in [2.45, 2.75) is 26.8 Å². The minimum atomic E-state index is 0. The third kappa shape index (κ3) is 2.65. The summed E-state index contributed by atoms with van der Waals surface area (Å²) in [4.78, 5) is 0. The molecule has 0 radical (unpaired) electrons. The van der Waals surface area contributed by atoms with Gasteiger partial charge >= 0.3 is 0 Å². The molecule has 70 valence electrons. The van der Waals surface area contributed by atoms with E-state index in [1.807, 2.05) is 6.92 Å². The molecule has 0 spiro atoms. The van der Waals surface area contributed by atoms with Crippen LogP contribution in [0.1, 0.15) is 20.3 Å². The number of nitrogens with zero attached hydrogens (tertiary/aromatic N) is 4. The number of rotatable bonds is 4. The molecule has 0 aromatic carbocycles. The van der Waals surface area contributed by atoms with E-state index in [2.05, 4.69) is 27.8 Å². The van der Waals surface area contributed by atoms with E-state index in [9.17, 15) is 0 Å². The lowest BCUT2D eigenvalue weighted by molar-refractivity contribution is 0.629. The van der Waals surface area contributed by atoms with E-state index in [1.165, 1.54) is 0 Å². The Bertz CT molecular complexity index is 211. The van der Waals surface area contributed by atoms with Gasteiger partial charge in [-0.1, -0.05) is 12.0 Å². The van der Waals surface area contributed by atoms with Gasteiger partial charge in [-0.25, -0.2) is 4.68 Å². The third-order valence-corrected chi connectivity index (χ3v) is 1.36. The molecular weight excluding hydrogens is 178 g/mol. The molecule has 1 heterocycles. The second-order valence-electron chi connectivity index (χ2n) is 2.25. The van der Waals surface area contributed by atoms with E-state index in [0.717, 1.165) is 25.5 Å². The highest BCUT2D eigenvalue weighted by Gasteiger charge is 2.00. The predicted octanol–water partition coefficient (Wildman–Crippen LogP) is 0.937. The average molecular weight is 192 g/mol. The van der Waals surface area contributed by atoms with Crippen LogP contribution in [-0.4, -0.2) is 26.8 Å². The minimum Gasteiger partial charge on any atom is -0.353 e. The Kier molecular flexibility index (Phi) is 5.36. The molecule has 0 fully saturated rings. The zero-order valence-electron chi connectivity index (χ0n) is 7.32. The number of aromatic nitrogens is 4. The van der Waals surface area contributed by atoms with Crippen LogP contribution in [0.2, 0.25) is 0 Å². The highest BCUT2D eigenvalue weighted by Crippen LogP contribution is 1.97. The molecule has 5 nitrogen and oxygen atoms in total. The Morgan fingerprint density at radius 1 is 1.42 bits per heavy atom. The molecule has 0 saturated carbocycles. The van der Waals surface area contributed by atoms with Crippen LogP contribution in [0.5, 0.6) is 0 Å². The van der Waals surface area contributed by atoms with Crippen molar-refractivity contribution in [3.05, 3.63) is 0 Å². The normalized spacial score (nSPS) is 9.17. The van der Waals surface area contributed by atoms with Crippen LogP contribution in [0.15, 0.2) is 0 Å². The molecule has 0 atom stereocenters. The first kappa shape index (κ1) is 11.2. The number of halogens is 1. The number of hydrogen-bond acceptors (Lipinski definition) is 4. The SMILES string of the molecule is CCCNc1nnnn1CC.Cl. The van der Waals surface area contributed by atoms with Crippen molar-refractivity contribution in [1.29, 1.82) is 0 Å². The molecule has 1 aromatic heterocycles. The number of aryl methyl sites for hydroxylation is 1. The zero-order chi connectivity index (χ0) is 8.10. The van der Waals surface area contributed by atoms with Gasteiger partial charge in [-0.2, -0.15) is 0 Å². The van der Waals surface area contributed by atoms with E-state index in [-0.39, 0.29) is 12.4 Å². The van der Waals surface area contributed by atoms with Gasteiger partial charge in [0.05, 0.1) is 0 Å². The smallest absolute Gasteiger partial charge is 0.242 e. The van der Waals surface area contributed by atoms with E-state index in [1.54, 1.807) is 4.68 Å². The Labute approximate surface area is 77.9 Å². The maximum absolute atomic E-state index is 3.82.